The molecule has 0 saturated carbocycles. The minimum atomic E-state index is -1.54. The van der Waals surface area contributed by atoms with E-state index in [2.05, 4.69) is 245 Å². The Labute approximate surface area is 568 Å². The topological polar surface area (TPSA) is 108 Å². The molecule has 2 atom stereocenters. The average Bonchev–Trinajstić information content (AvgIpc) is 3.73. The molecule has 0 spiro atoms. The molecule has 0 aliphatic carbocycles. The van der Waals surface area contributed by atoms with Gasteiger partial charge in [-0.2, -0.15) is 0 Å². The molecular weight excluding hydrogens is 1150 g/mol. The number of aliphatic carboxylic acids is 1. The second-order valence-electron chi connectivity index (χ2n) is 23.7. The van der Waals surface area contributed by atoms with E-state index >= 15 is 0 Å². The van der Waals surface area contributed by atoms with Gasteiger partial charge in [0, 0.05) is 12.8 Å². The molecular formula is C84H128NO8+. The molecule has 93 heavy (non-hydrogen) atoms. The Hall–Kier alpha value is -6.65. The van der Waals surface area contributed by atoms with Crippen LogP contribution in [0.15, 0.2) is 231 Å². The van der Waals surface area contributed by atoms with Crippen LogP contribution in [0.5, 0.6) is 0 Å². The number of carboxylic acids is 1. The highest BCUT2D eigenvalue weighted by molar-refractivity contribution is 5.71. The van der Waals surface area contributed by atoms with E-state index in [1.165, 1.54) is 0 Å². The molecule has 0 aliphatic heterocycles. The van der Waals surface area contributed by atoms with Gasteiger partial charge in [0.05, 0.1) is 34.4 Å². The van der Waals surface area contributed by atoms with Crippen molar-refractivity contribution in [3.8, 4) is 0 Å². The van der Waals surface area contributed by atoms with Crippen molar-refractivity contribution in [1.29, 1.82) is 0 Å². The molecule has 516 valence electrons. The lowest BCUT2D eigenvalue weighted by atomic mass is 10.1. The molecule has 0 radical (unpaired) electrons. The first-order valence-corrected chi connectivity index (χ1v) is 35.5. The molecule has 0 bridgehead atoms. The van der Waals surface area contributed by atoms with Gasteiger partial charge in [-0.15, -0.1) is 0 Å². The highest BCUT2D eigenvalue weighted by atomic mass is 16.7. The Morgan fingerprint density at radius 1 is 0.323 bits per heavy atom. The maximum Gasteiger partial charge on any atom is 0.361 e. The first-order chi connectivity index (χ1) is 45.6. The van der Waals surface area contributed by atoms with E-state index < -0.39 is 24.3 Å². The fourth-order valence-electron chi connectivity index (χ4n) is 8.56. The van der Waals surface area contributed by atoms with Crippen molar-refractivity contribution >= 4 is 17.9 Å². The summed E-state index contributed by atoms with van der Waals surface area (Å²) in [5.41, 5.74) is 0. The summed E-state index contributed by atoms with van der Waals surface area (Å²) in [4.78, 5) is 37.6. The van der Waals surface area contributed by atoms with E-state index in [0.29, 0.717) is 23.9 Å². The van der Waals surface area contributed by atoms with E-state index in [1.54, 1.807) is 0 Å². The number of unbranched alkanes of at least 4 members (excludes halogenated alkanes) is 9. The summed E-state index contributed by atoms with van der Waals surface area (Å²) < 4.78 is 22.9. The van der Waals surface area contributed by atoms with Crippen molar-refractivity contribution in [3.05, 3.63) is 231 Å². The van der Waals surface area contributed by atoms with Gasteiger partial charge in [-0.3, -0.25) is 9.59 Å². The molecule has 0 saturated heterocycles. The van der Waals surface area contributed by atoms with Gasteiger partial charge in [0.1, 0.15) is 13.2 Å². The van der Waals surface area contributed by atoms with Crippen LogP contribution in [0.25, 0.3) is 0 Å². The smallest absolute Gasteiger partial charge is 0.361 e. The second-order valence-corrected chi connectivity index (χ2v) is 23.7. The number of carboxylic acid groups (broad SMARTS) is 1. The van der Waals surface area contributed by atoms with E-state index in [0.717, 1.165) is 180 Å². The fraction of sp³-hybridized carbons (Fsp3) is 0.512. The third kappa shape index (κ3) is 72.6. The average molecular weight is 1280 g/mol. The van der Waals surface area contributed by atoms with Gasteiger partial charge in [0.2, 0.25) is 0 Å². The quantitative estimate of drug-likeness (QED) is 0.0211. The molecule has 9 nitrogen and oxygen atoms in total. The largest absolute Gasteiger partial charge is 0.477 e. The molecule has 2 unspecified atom stereocenters. The van der Waals surface area contributed by atoms with Crippen molar-refractivity contribution < 1.29 is 42.9 Å². The number of hydrogen-bond donors (Lipinski definition) is 1. The maximum absolute atomic E-state index is 12.9. The third-order valence-corrected chi connectivity index (χ3v) is 13.9. The summed E-state index contributed by atoms with van der Waals surface area (Å²) in [5.74, 6) is -2.10. The van der Waals surface area contributed by atoms with E-state index in [-0.39, 0.29) is 38.6 Å². The zero-order chi connectivity index (χ0) is 67.5. The van der Waals surface area contributed by atoms with Gasteiger partial charge in [0.25, 0.3) is 6.29 Å². The Morgan fingerprint density at radius 3 is 0.871 bits per heavy atom. The predicted octanol–water partition coefficient (Wildman–Crippen LogP) is 22.7. The molecule has 0 heterocycles. The van der Waals surface area contributed by atoms with Crippen LogP contribution in [0.2, 0.25) is 0 Å². The lowest BCUT2D eigenvalue weighted by molar-refractivity contribution is -0.870. The summed E-state index contributed by atoms with van der Waals surface area (Å²) in [6.07, 6.45) is 112. The van der Waals surface area contributed by atoms with Crippen LogP contribution in [0.4, 0.5) is 0 Å². The Bertz CT molecular complexity index is 2380. The van der Waals surface area contributed by atoms with Crippen LogP contribution in [0.1, 0.15) is 219 Å². The van der Waals surface area contributed by atoms with E-state index in [1.807, 2.05) is 21.1 Å². The Kier molecular flexibility index (Phi) is 66.1. The van der Waals surface area contributed by atoms with Crippen molar-refractivity contribution in [2.45, 2.75) is 232 Å². The van der Waals surface area contributed by atoms with Crippen LogP contribution < -0.4 is 0 Å². The number of hydrogen-bond acceptors (Lipinski definition) is 7. The molecule has 0 amide bonds. The number of likely N-dealkylation sites (N-methyl/N-ethyl adjacent to an activating group) is 1. The van der Waals surface area contributed by atoms with Gasteiger partial charge in [-0.25, -0.2) is 4.79 Å². The molecule has 0 fully saturated rings. The SMILES string of the molecule is CC/C=C\C/C=C\C/C=C\C/C=C\C/C=C\C/C=C\C/C=C\C/C=C\C/C=C\C/C=C\C/C=C\CCCCCC(=O)OC(COC(=O)CCCCCCCC/C=C\C/C=C\C/C=C\C/C=C\C/C=C\C/C=C\C/C=C\C/C=C\CC)COC(OCC[N+](C)(C)C)C(=O)O. The Morgan fingerprint density at radius 2 is 0.581 bits per heavy atom. The van der Waals surface area contributed by atoms with Crippen LogP contribution in [0, 0.1) is 0 Å². The molecule has 0 aliphatic rings. The van der Waals surface area contributed by atoms with Crippen LogP contribution in [-0.4, -0.2) is 87.4 Å². The molecule has 9 heteroatoms. The number of nitrogens with zero attached hydrogens (tertiary/aromatic N) is 1. The lowest BCUT2D eigenvalue weighted by Crippen LogP contribution is -2.40. The zero-order valence-corrected chi connectivity index (χ0v) is 58.8. The van der Waals surface area contributed by atoms with Crippen LogP contribution >= 0.6 is 0 Å². The zero-order valence-electron chi connectivity index (χ0n) is 58.8. The summed E-state index contributed by atoms with van der Waals surface area (Å²) in [7, 11) is 5.94. The lowest BCUT2D eigenvalue weighted by Gasteiger charge is -2.25. The third-order valence-electron chi connectivity index (χ3n) is 13.9. The van der Waals surface area contributed by atoms with E-state index in [9.17, 15) is 19.5 Å². The number of ether oxygens (including phenoxy) is 4. The van der Waals surface area contributed by atoms with Crippen molar-refractivity contribution in [3.63, 3.8) is 0 Å². The molecule has 1 N–H and O–H groups in total. The summed E-state index contributed by atoms with van der Waals surface area (Å²) in [6, 6.07) is 0. The maximum atomic E-state index is 12.9. The van der Waals surface area contributed by atoms with Gasteiger partial charge in [-0.1, -0.05) is 277 Å². The monoisotopic (exact) mass is 1280 g/mol. The number of carbonyl (C=O) groups excluding carboxylic acids is 2. The predicted molar refractivity (Wildman–Crippen MR) is 400 cm³/mol. The van der Waals surface area contributed by atoms with Gasteiger partial charge in [-0.05, 0) is 161 Å². The summed E-state index contributed by atoms with van der Waals surface area (Å²) in [6.45, 7) is 4.55. The normalized spacial score (nSPS) is 14.1. The van der Waals surface area contributed by atoms with Crippen LogP contribution in [0.3, 0.4) is 0 Å². The summed E-state index contributed by atoms with van der Waals surface area (Å²) >= 11 is 0. The minimum absolute atomic E-state index is 0.164. The van der Waals surface area contributed by atoms with Gasteiger partial charge < -0.3 is 28.5 Å². The van der Waals surface area contributed by atoms with Crippen molar-refractivity contribution in [2.24, 2.45) is 0 Å². The van der Waals surface area contributed by atoms with Crippen molar-refractivity contribution in [1.82, 2.24) is 0 Å². The number of rotatable bonds is 62. The minimum Gasteiger partial charge on any atom is -0.477 e. The number of esters is 2. The van der Waals surface area contributed by atoms with Crippen LogP contribution in [-0.2, 0) is 33.3 Å². The standard InChI is InChI=1S/C84H127NO8/c1-6-8-10-12-14-16-18-20-22-24-26-28-30-32-34-36-38-39-40-41-42-43-45-47-49-51-53-55-57-59-61-63-65-67-69-71-73-75-82(87)93-80(79-92-84(83(88)89)90-77-76-85(3,4)5)78-91-81(86)74-72-70-68-66-64-62-60-58-56-54-52-50-48-46-44-37-35-33-31-29-27-25-23-21-19-17-15-13-11-9-7-2/h8-11,14-17,20-23,26-29,32-35,38-39,41-42,44-47,50-53,56-59,63,65,80,84H,6-7,12-13,18-19,24-25,30-31,36-37,40,43,48-49,54-55,60-62,64,66-79H2,1-5H3/p+1/b10-8-,11-9-,16-14-,17-15-,22-20-,23-21-,28-26-,29-27-,34-32-,35-33-,39-38-,42-41-,46-44-,47-45-,52-50-,53-51-,58-56-,59-57-,65-63-. The molecule has 0 aromatic carbocycles. The highest BCUT2D eigenvalue weighted by Crippen LogP contribution is 2.13. The first kappa shape index (κ1) is 86.4. The first-order valence-electron chi connectivity index (χ1n) is 35.5. The Balaban J connectivity index is 4.33. The number of carbonyl (C=O) groups is 3. The van der Waals surface area contributed by atoms with E-state index in [4.69, 9.17) is 18.9 Å². The number of quaternary nitrogens is 1. The number of allylic oxidation sites excluding steroid dienone is 38. The fourth-order valence-corrected chi connectivity index (χ4v) is 8.56. The van der Waals surface area contributed by atoms with Gasteiger partial charge >= 0.3 is 17.9 Å². The molecule has 0 rings (SSSR count). The molecule has 0 aromatic rings. The molecule has 0 aromatic heterocycles. The summed E-state index contributed by atoms with van der Waals surface area (Å²) in [5, 5.41) is 9.75. The van der Waals surface area contributed by atoms with Gasteiger partial charge in [0.15, 0.2) is 6.10 Å². The highest BCUT2D eigenvalue weighted by Gasteiger charge is 2.25. The second kappa shape index (κ2) is 71.2. The van der Waals surface area contributed by atoms with Crippen molar-refractivity contribution in [2.75, 3.05) is 47.5 Å².